The van der Waals surface area contributed by atoms with Crippen molar-refractivity contribution >= 4 is 29.0 Å². The summed E-state index contributed by atoms with van der Waals surface area (Å²) in [4.78, 5) is 16.0. The second-order valence-corrected chi connectivity index (χ2v) is 6.70. The summed E-state index contributed by atoms with van der Waals surface area (Å²) in [5, 5.41) is 3.05. The monoisotopic (exact) mass is 326 g/mol. The van der Waals surface area contributed by atoms with Crippen LogP contribution in [0.15, 0.2) is 53.4 Å². The van der Waals surface area contributed by atoms with Gasteiger partial charge in [0.2, 0.25) is 5.91 Å². The van der Waals surface area contributed by atoms with Crippen LogP contribution < -0.4 is 10.2 Å². The van der Waals surface area contributed by atoms with Gasteiger partial charge in [0, 0.05) is 22.8 Å². The van der Waals surface area contributed by atoms with Gasteiger partial charge in [-0.3, -0.25) is 4.79 Å². The molecule has 2 aromatic carbocycles. The second-order valence-electron chi connectivity index (χ2n) is 5.82. The van der Waals surface area contributed by atoms with Gasteiger partial charge in [0.25, 0.3) is 0 Å². The SMILES string of the molecule is CSc1cccc(NC(=O)C(C)N2CCCc3ccccc32)c1. The maximum Gasteiger partial charge on any atom is 0.246 e. The molecule has 3 nitrogen and oxygen atoms in total. The van der Waals surface area contributed by atoms with Crippen LogP contribution in [0.2, 0.25) is 0 Å². The van der Waals surface area contributed by atoms with Crippen molar-refractivity contribution in [2.45, 2.75) is 30.7 Å². The summed E-state index contributed by atoms with van der Waals surface area (Å²) in [6.45, 7) is 2.91. The van der Waals surface area contributed by atoms with Crippen LogP contribution in [0, 0.1) is 0 Å². The van der Waals surface area contributed by atoms with Crippen LogP contribution in [-0.4, -0.2) is 24.7 Å². The van der Waals surface area contributed by atoms with E-state index in [1.807, 2.05) is 43.5 Å². The van der Waals surface area contributed by atoms with Crippen LogP contribution in [0.4, 0.5) is 11.4 Å². The third-order valence-corrected chi connectivity index (χ3v) is 5.06. The van der Waals surface area contributed by atoms with Crippen LogP contribution in [0.3, 0.4) is 0 Å². The van der Waals surface area contributed by atoms with Gasteiger partial charge >= 0.3 is 0 Å². The molecule has 23 heavy (non-hydrogen) atoms. The molecule has 1 aliphatic heterocycles. The predicted octanol–water partition coefficient (Wildman–Crippen LogP) is 4.19. The lowest BCUT2D eigenvalue weighted by Gasteiger charge is -2.35. The van der Waals surface area contributed by atoms with E-state index in [0.717, 1.165) is 30.0 Å². The molecule has 0 saturated carbocycles. The van der Waals surface area contributed by atoms with Gasteiger partial charge in [0.15, 0.2) is 0 Å². The van der Waals surface area contributed by atoms with Crippen LogP contribution in [0.25, 0.3) is 0 Å². The standard InChI is InChI=1S/C19H22N2OS/c1-14(19(22)20-16-9-5-10-17(13-16)23-2)21-12-6-8-15-7-3-4-11-18(15)21/h3-5,7,9-11,13-14H,6,8,12H2,1-2H3,(H,20,22). The van der Waals surface area contributed by atoms with Crippen molar-refractivity contribution in [1.29, 1.82) is 0 Å². The topological polar surface area (TPSA) is 32.3 Å². The molecule has 0 saturated heterocycles. The number of carbonyl (C=O) groups is 1. The van der Waals surface area contributed by atoms with E-state index >= 15 is 0 Å². The predicted molar refractivity (Wildman–Crippen MR) is 98.4 cm³/mol. The zero-order valence-electron chi connectivity index (χ0n) is 13.6. The molecule has 1 aliphatic rings. The van der Waals surface area contributed by atoms with E-state index in [4.69, 9.17) is 0 Å². The van der Waals surface area contributed by atoms with Crippen molar-refractivity contribution in [3.8, 4) is 0 Å². The first-order chi connectivity index (χ1) is 11.2. The molecule has 1 unspecified atom stereocenters. The summed E-state index contributed by atoms with van der Waals surface area (Å²) in [6.07, 6.45) is 4.22. The van der Waals surface area contributed by atoms with Crippen molar-refractivity contribution in [2.75, 3.05) is 23.0 Å². The molecule has 1 heterocycles. The fourth-order valence-corrected chi connectivity index (χ4v) is 3.51. The van der Waals surface area contributed by atoms with Crippen LogP contribution in [0.1, 0.15) is 18.9 Å². The number of amides is 1. The Labute approximate surface area is 142 Å². The Balaban J connectivity index is 1.75. The summed E-state index contributed by atoms with van der Waals surface area (Å²) < 4.78 is 0. The number of fused-ring (bicyclic) bond motifs is 1. The van der Waals surface area contributed by atoms with Gasteiger partial charge in [0.05, 0.1) is 0 Å². The van der Waals surface area contributed by atoms with E-state index in [9.17, 15) is 4.79 Å². The molecule has 0 aromatic heterocycles. The zero-order valence-corrected chi connectivity index (χ0v) is 14.4. The first-order valence-corrected chi connectivity index (χ1v) is 9.21. The number of rotatable bonds is 4. The molecule has 0 bridgehead atoms. The van der Waals surface area contributed by atoms with E-state index in [0.29, 0.717) is 0 Å². The highest BCUT2D eigenvalue weighted by atomic mass is 32.2. The molecule has 4 heteroatoms. The minimum Gasteiger partial charge on any atom is -0.360 e. The molecule has 0 spiro atoms. The number of aryl methyl sites for hydroxylation is 1. The highest BCUT2D eigenvalue weighted by Gasteiger charge is 2.25. The molecule has 0 aliphatic carbocycles. The summed E-state index contributed by atoms with van der Waals surface area (Å²) in [5.41, 5.74) is 3.39. The van der Waals surface area contributed by atoms with E-state index in [1.165, 1.54) is 11.3 Å². The van der Waals surface area contributed by atoms with Crippen molar-refractivity contribution in [2.24, 2.45) is 0 Å². The molecule has 1 amide bonds. The van der Waals surface area contributed by atoms with Crippen molar-refractivity contribution in [3.05, 3.63) is 54.1 Å². The molecular weight excluding hydrogens is 304 g/mol. The number of nitrogens with one attached hydrogen (secondary N) is 1. The van der Waals surface area contributed by atoms with Crippen molar-refractivity contribution < 1.29 is 4.79 Å². The Morgan fingerprint density at radius 3 is 2.87 bits per heavy atom. The van der Waals surface area contributed by atoms with E-state index in [-0.39, 0.29) is 11.9 Å². The van der Waals surface area contributed by atoms with Crippen LogP contribution >= 0.6 is 11.8 Å². The van der Waals surface area contributed by atoms with E-state index in [1.54, 1.807) is 11.8 Å². The third-order valence-electron chi connectivity index (χ3n) is 4.33. The Bertz CT molecular complexity index is 701. The smallest absolute Gasteiger partial charge is 0.246 e. The Hall–Kier alpha value is -1.94. The Kier molecular flexibility index (Phi) is 4.91. The van der Waals surface area contributed by atoms with Gasteiger partial charge in [-0.15, -0.1) is 11.8 Å². The minimum atomic E-state index is -0.186. The van der Waals surface area contributed by atoms with Gasteiger partial charge < -0.3 is 10.2 Å². The molecular formula is C19H22N2OS. The summed E-state index contributed by atoms with van der Waals surface area (Å²) in [5.74, 6) is 0.0416. The quantitative estimate of drug-likeness (QED) is 0.855. The van der Waals surface area contributed by atoms with Gasteiger partial charge in [-0.05, 0) is 55.9 Å². The fraction of sp³-hybridized carbons (Fsp3) is 0.316. The van der Waals surface area contributed by atoms with Crippen LogP contribution in [0.5, 0.6) is 0 Å². The number of carbonyl (C=O) groups excluding carboxylic acids is 1. The maximum atomic E-state index is 12.7. The normalized spacial score (nSPS) is 15.0. The Morgan fingerprint density at radius 1 is 1.22 bits per heavy atom. The number of thioether (sulfide) groups is 1. The molecule has 1 atom stereocenters. The molecule has 3 rings (SSSR count). The van der Waals surface area contributed by atoms with Crippen molar-refractivity contribution in [3.63, 3.8) is 0 Å². The highest BCUT2D eigenvalue weighted by molar-refractivity contribution is 7.98. The summed E-state index contributed by atoms with van der Waals surface area (Å²) >= 11 is 1.68. The molecule has 120 valence electrons. The second kappa shape index (κ2) is 7.09. The third kappa shape index (κ3) is 3.53. The lowest BCUT2D eigenvalue weighted by Crippen LogP contribution is -2.44. The average Bonchev–Trinajstić information content (AvgIpc) is 2.60. The van der Waals surface area contributed by atoms with Gasteiger partial charge in [-0.1, -0.05) is 24.3 Å². The molecule has 0 fully saturated rings. The van der Waals surface area contributed by atoms with Gasteiger partial charge in [0.1, 0.15) is 6.04 Å². The van der Waals surface area contributed by atoms with Crippen LogP contribution in [-0.2, 0) is 11.2 Å². The summed E-state index contributed by atoms with van der Waals surface area (Å²) in [7, 11) is 0. The number of anilines is 2. The minimum absolute atomic E-state index is 0.0416. The molecule has 0 radical (unpaired) electrons. The number of nitrogens with zero attached hydrogens (tertiary/aromatic N) is 1. The number of benzene rings is 2. The first-order valence-electron chi connectivity index (χ1n) is 7.98. The average molecular weight is 326 g/mol. The van der Waals surface area contributed by atoms with Gasteiger partial charge in [-0.2, -0.15) is 0 Å². The largest absolute Gasteiger partial charge is 0.360 e. The number of para-hydroxylation sites is 1. The zero-order chi connectivity index (χ0) is 16.2. The molecule has 1 N–H and O–H groups in total. The maximum absolute atomic E-state index is 12.7. The first kappa shape index (κ1) is 15.9. The summed E-state index contributed by atoms with van der Waals surface area (Å²) in [6, 6.07) is 16.2. The van der Waals surface area contributed by atoms with Crippen molar-refractivity contribution in [1.82, 2.24) is 0 Å². The lowest BCUT2D eigenvalue weighted by molar-refractivity contribution is -0.117. The van der Waals surface area contributed by atoms with Gasteiger partial charge in [-0.25, -0.2) is 0 Å². The molecule has 2 aromatic rings. The fourth-order valence-electron chi connectivity index (χ4n) is 3.05. The van der Waals surface area contributed by atoms with E-state index < -0.39 is 0 Å². The van der Waals surface area contributed by atoms with E-state index in [2.05, 4.69) is 28.4 Å². The number of hydrogen-bond donors (Lipinski definition) is 1. The number of hydrogen-bond acceptors (Lipinski definition) is 3. The Morgan fingerprint density at radius 2 is 2.04 bits per heavy atom. The highest BCUT2D eigenvalue weighted by Crippen LogP contribution is 2.28. The lowest BCUT2D eigenvalue weighted by atomic mass is 10.00.